The molecular weight excluding hydrogens is 362 g/mol. The van der Waals surface area contributed by atoms with E-state index in [0.29, 0.717) is 13.1 Å². The monoisotopic (exact) mass is 385 g/mol. The summed E-state index contributed by atoms with van der Waals surface area (Å²) in [7, 11) is 0. The van der Waals surface area contributed by atoms with Crippen LogP contribution in [-0.4, -0.2) is 48.6 Å². The Morgan fingerprint density at radius 1 is 1.04 bits per heavy atom. The van der Waals surface area contributed by atoms with E-state index >= 15 is 0 Å². The van der Waals surface area contributed by atoms with Crippen LogP contribution in [0.15, 0.2) is 36.5 Å². The van der Waals surface area contributed by atoms with Crippen LogP contribution in [-0.2, 0) is 17.6 Å². The van der Waals surface area contributed by atoms with Crippen LogP contribution in [0.3, 0.4) is 0 Å². The molecule has 1 aliphatic heterocycles. The Balaban J connectivity index is 1.31. The van der Waals surface area contributed by atoms with Crippen LogP contribution >= 0.6 is 11.6 Å². The number of hydrogen-bond donors (Lipinski definition) is 0. The molecule has 1 fully saturated rings. The Hall–Kier alpha value is -2.27. The van der Waals surface area contributed by atoms with Crippen molar-refractivity contribution >= 4 is 23.2 Å². The molecule has 0 bridgehead atoms. The number of amides is 1. The fourth-order valence-corrected chi connectivity index (χ4v) is 3.95. The molecule has 1 aromatic heterocycles. The molecule has 2 aliphatic rings. The molecule has 0 saturated carbocycles. The van der Waals surface area contributed by atoms with Crippen LogP contribution in [0.4, 0.5) is 5.69 Å². The van der Waals surface area contributed by atoms with Crippen LogP contribution in [0, 0.1) is 0 Å². The summed E-state index contributed by atoms with van der Waals surface area (Å²) < 4.78 is 5.88. The third-order valence-corrected chi connectivity index (χ3v) is 5.62. The van der Waals surface area contributed by atoms with Gasteiger partial charge in [0.2, 0.25) is 0 Å². The average Bonchev–Trinajstić information content (AvgIpc) is 2.72. The summed E-state index contributed by atoms with van der Waals surface area (Å²) in [6.07, 6.45) is 6.13. The second-order valence-electron chi connectivity index (χ2n) is 7.07. The smallest absolute Gasteiger partial charge is 0.260 e. The summed E-state index contributed by atoms with van der Waals surface area (Å²) in [6, 6.07) is 9.73. The summed E-state index contributed by atoms with van der Waals surface area (Å²) in [5, 5.41) is 0.739. The van der Waals surface area contributed by atoms with Crippen molar-refractivity contribution in [1.82, 2.24) is 9.88 Å². The average molecular weight is 386 g/mol. The van der Waals surface area contributed by atoms with Crippen molar-refractivity contribution in [3.8, 4) is 5.75 Å². The zero-order valence-corrected chi connectivity index (χ0v) is 16.1. The first-order chi connectivity index (χ1) is 13.2. The third kappa shape index (κ3) is 4.19. The molecule has 0 unspecified atom stereocenters. The Morgan fingerprint density at radius 2 is 1.78 bits per heavy atom. The highest BCUT2D eigenvalue weighted by molar-refractivity contribution is 6.30. The molecule has 1 aromatic carbocycles. The summed E-state index contributed by atoms with van der Waals surface area (Å²) in [4.78, 5) is 21.2. The number of anilines is 1. The number of pyridine rings is 1. The highest BCUT2D eigenvalue weighted by Crippen LogP contribution is 2.28. The molecule has 142 valence electrons. The van der Waals surface area contributed by atoms with Gasteiger partial charge in [-0.2, -0.15) is 0 Å². The Morgan fingerprint density at radius 3 is 2.56 bits per heavy atom. The van der Waals surface area contributed by atoms with Crippen molar-refractivity contribution in [1.29, 1.82) is 0 Å². The van der Waals surface area contributed by atoms with Gasteiger partial charge in [-0.15, -0.1) is 0 Å². The van der Waals surface area contributed by atoms with Gasteiger partial charge in [-0.3, -0.25) is 9.78 Å². The van der Waals surface area contributed by atoms with Gasteiger partial charge < -0.3 is 14.5 Å². The molecule has 6 heteroatoms. The number of benzene rings is 1. The van der Waals surface area contributed by atoms with Crippen molar-refractivity contribution < 1.29 is 9.53 Å². The lowest BCUT2D eigenvalue weighted by Gasteiger charge is -2.36. The van der Waals surface area contributed by atoms with E-state index < -0.39 is 0 Å². The number of carbonyl (C=O) groups is 1. The number of aromatic nitrogens is 1. The first-order valence-electron chi connectivity index (χ1n) is 9.58. The topological polar surface area (TPSA) is 45.7 Å². The minimum Gasteiger partial charge on any atom is -0.483 e. The van der Waals surface area contributed by atoms with Crippen molar-refractivity contribution in [2.45, 2.75) is 25.7 Å². The molecule has 2 aromatic rings. The van der Waals surface area contributed by atoms with E-state index in [1.165, 1.54) is 12.0 Å². The van der Waals surface area contributed by atoms with Gasteiger partial charge in [0, 0.05) is 54.3 Å². The zero-order chi connectivity index (χ0) is 18.6. The molecule has 0 radical (unpaired) electrons. The standard InChI is InChI=1S/C21H24ClN3O2/c22-16-5-7-17(8-6-16)24-11-13-25(14-12-24)21(26)15-27-20-9-10-23-19-4-2-1-3-18(19)20/h5-10H,1-4,11-15H2. The summed E-state index contributed by atoms with van der Waals surface area (Å²) in [5.41, 5.74) is 3.46. The number of aryl methyl sites for hydroxylation is 1. The lowest BCUT2D eigenvalue weighted by molar-refractivity contribution is -0.133. The number of ether oxygens (including phenoxy) is 1. The number of hydrogen-bond acceptors (Lipinski definition) is 4. The van der Waals surface area contributed by atoms with Gasteiger partial charge in [0.1, 0.15) is 5.75 Å². The van der Waals surface area contributed by atoms with Gasteiger partial charge in [0.05, 0.1) is 0 Å². The quantitative estimate of drug-likeness (QED) is 0.809. The second-order valence-corrected chi connectivity index (χ2v) is 7.51. The molecule has 1 saturated heterocycles. The van der Waals surface area contributed by atoms with E-state index in [1.807, 2.05) is 35.2 Å². The van der Waals surface area contributed by atoms with Gasteiger partial charge in [0.15, 0.2) is 6.61 Å². The van der Waals surface area contributed by atoms with E-state index in [9.17, 15) is 4.79 Å². The van der Waals surface area contributed by atoms with Crippen LogP contribution < -0.4 is 9.64 Å². The zero-order valence-electron chi connectivity index (χ0n) is 15.4. The molecule has 1 amide bonds. The van der Waals surface area contributed by atoms with Crippen LogP contribution in [0.25, 0.3) is 0 Å². The number of fused-ring (bicyclic) bond motifs is 1. The highest BCUT2D eigenvalue weighted by Gasteiger charge is 2.22. The second kappa shape index (κ2) is 8.17. The van der Waals surface area contributed by atoms with Crippen LogP contribution in [0.1, 0.15) is 24.1 Å². The van der Waals surface area contributed by atoms with Crippen LogP contribution in [0.5, 0.6) is 5.75 Å². The Labute approximate surface area is 164 Å². The first kappa shape index (κ1) is 18.1. The fraction of sp³-hybridized carbons (Fsp3) is 0.429. The van der Waals surface area contributed by atoms with E-state index in [0.717, 1.165) is 54.5 Å². The predicted octanol–water partition coefficient (Wildman–Crippen LogP) is 3.34. The number of rotatable bonds is 4. The maximum absolute atomic E-state index is 12.6. The Kier molecular flexibility index (Phi) is 5.48. The maximum atomic E-state index is 12.6. The largest absolute Gasteiger partial charge is 0.483 e. The van der Waals surface area contributed by atoms with Gasteiger partial charge in [-0.25, -0.2) is 0 Å². The van der Waals surface area contributed by atoms with E-state index in [2.05, 4.69) is 9.88 Å². The number of nitrogens with zero attached hydrogens (tertiary/aromatic N) is 3. The van der Waals surface area contributed by atoms with Gasteiger partial charge in [-0.05, 0) is 56.0 Å². The molecule has 0 N–H and O–H groups in total. The Bertz CT molecular complexity index is 802. The molecule has 5 nitrogen and oxygen atoms in total. The van der Waals surface area contributed by atoms with Crippen LogP contribution in [0.2, 0.25) is 5.02 Å². The summed E-state index contributed by atoms with van der Waals surface area (Å²) in [6.45, 7) is 3.14. The SMILES string of the molecule is O=C(COc1ccnc2c1CCCC2)N1CCN(c2ccc(Cl)cc2)CC1. The lowest BCUT2D eigenvalue weighted by Crippen LogP contribution is -2.50. The molecule has 4 rings (SSSR count). The molecular formula is C21H24ClN3O2. The van der Waals surface area contributed by atoms with E-state index in [4.69, 9.17) is 16.3 Å². The van der Waals surface area contributed by atoms with Crippen molar-refractivity contribution in [3.63, 3.8) is 0 Å². The summed E-state index contributed by atoms with van der Waals surface area (Å²) >= 11 is 5.96. The predicted molar refractivity (Wildman–Crippen MR) is 107 cm³/mol. The highest BCUT2D eigenvalue weighted by atomic mass is 35.5. The molecule has 0 atom stereocenters. The van der Waals surface area contributed by atoms with Crippen molar-refractivity contribution in [2.24, 2.45) is 0 Å². The van der Waals surface area contributed by atoms with Crippen molar-refractivity contribution in [3.05, 3.63) is 52.8 Å². The molecule has 2 heterocycles. The fourth-order valence-electron chi connectivity index (χ4n) is 3.82. The minimum absolute atomic E-state index is 0.0483. The van der Waals surface area contributed by atoms with E-state index in [1.54, 1.807) is 6.20 Å². The number of piperazine rings is 1. The normalized spacial score (nSPS) is 16.8. The molecule has 0 spiro atoms. The maximum Gasteiger partial charge on any atom is 0.260 e. The molecule has 1 aliphatic carbocycles. The number of halogens is 1. The summed E-state index contributed by atoms with van der Waals surface area (Å²) in [5.74, 6) is 0.875. The van der Waals surface area contributed by atoms with Gasteiger partial charge in [-0.1, -0.05) is 11.6 Å². The van der Waals surface area contributed by atoms with Gasteiger partial charge >= 0.3 is 0 Å². The third-order valence-electron chi connectivity index (χ3n) is 5.37. The molecule has 27 heavy (non-hydrogen) atoms. The van der Waals surface area contributed by atoms with Crippen molar-refractivity contribution in [2.75, 3.05) is 37.7 Å². The van der Waals surface area contributed by atoms with Gasteiger partial charge in [0.25, 0.3) is 5.91 Å². The van der Waals surface area contributed by atoms with E-state index in [-0.39, 0.29) is 12.5 Å². The lowest BCUT2D eigenvalue weighted by atomic mass is 9.95. The minimum atomic E-state index is 0.0483. The number of carbonyl (C=O) groups excluding carboxylic acids is 1. The first-order valence-corrected chi connectivity index (χ1v) is 9.96.